The minimum Gasteiger partial charge on any atom is -0.399 e. The van der Waals surface area contributed by atoms with Crippen molar-refractivity contribution in [1.82, 2.24) is 0 Å². The molecule has 0 amide bonds. The van der Waals surface area contributed by atoms with Gasteiger partial charge >= 0.3 is 0 Å². The molecule has 0 saturated carbocycles. The van der Waals surface area contributed by atoms with Crippen LogP contribution in [0.3, 0.4) is 0 Å². The van der Waals surface area contributed by atoms with Crippen molar-refractivity contribution < 1.29 is 0 Å². The zero-order valence-corrected chi connectivity index (χ0v) is 10.0. The summed E-state index contributed by atoms with van der Waals surface area (Å²) in [6.07, 6.45) is 0.398. The zero-order chi connectivity index (χ0) is 13.5. The first-order chi connectivity index (χ1) is 8.62. The molecule has 4 nitrogen and oxygen atoms in total. The highest BCUT2D eigenvalue weighted by atomic mass is 14.6. The van der Waals surface area contributed by atoms with Crippen LogP contribution in [0.5, 0.6) is 0 Å². The summed E-state index contributed by atoms with van der Waals surface area (Å²) < 4.78 is 0. The van der Waals surface area contributed by atoms with E-state index in [0.29, 0.717) is 6.42 Å². The van der Waals surface area contributed by atoms with Crippen LogP contribution in [0.2, 0.25) is 0 Å². The molecule has 1 aromatic carbocycles. The Kier molecular flexibility index (Phi) is 4.50. The monoisotopic (exact) mass is 236 g/mol. The number of nitriles is 3. The fourth-order valence-corrected chi connectivity index (χ4v) is 1.51. The summed E-state index contributed by atoms with van der Waals surface area (Å²) in [5.74, 6) is -0.651. The third-order valence-corrected chi connectivity index (χ3v) is 2.60. The summed E-state index contributed by atoms with van der Waals surface area (Å²) in [7, 11) is 0. The molecule has 0 aliphatic heterocycles. The SMILES string of the molecule is Cc1ccc(C[C@@H](C#N)C(N)=C(C#N)C#N)cc1. The van der Waals surface area contributed by atoms with Gasteiger partial charge in [-0.2, -0.15) is 15.8 Å². The molecular formula is C14H12N4. The van der Waals surface area contributed by atoms with Crippen LogP contribution in [-0.4, -0.2) is 0 Å². The number of benzene rings is 1. The second-order valence-corrected chi connectivity index (χ2v) is 3.93. The maximum absolute atomic E-state index is 9.07. The van der Waals surface area contributed by atoms with Crippen molar-refractivity contribution in [3.05, 3.63) is 46.7 Å². The Morgan fingerprint density at radius 2 is 1.72 bits per heavy atom. The summed E-state index contributed by atoms with van der Waals surface area (Å²) in [4.78, 5) is 0. The Hall–Kier alpha value is -2.77. The zero-order valence-electron chi connectivity index (χ0n) is 10.0. The predicted octanol–water partition coefficient (Wildman–Crippen LogP) is 1.94. The van der Waals surface area contributed by atoms with Crippen LogP contribution in [0.1, 0.15) is 11.1 Å². The van der Waals surface area contributed by atoms with Gasteiger partial charge in [0.15, 0.2) is 0 Å². The molecule has 0 spiro atoms. The molecule has 0 fully saturated rings. The fraction of sp³-hybridized carbons (Fsp3) is 0.214. The second kappa shape index (κ2) is 6.09. The second-order valence-electron chi connectivity index (χ2n) is 3.93. The Morgan fingerprint density at radius 3 is 2.17 bits per heavy atom. The van der Waals surface area contributed by atoms with Crippen LogP contribution in [0.25, 0.3) is 0 Å². The van der Waals surface area contributed by atoms with E-state index in [0.717, 1.165) is 11.1 Å². The van der Waals surface area contributed by atoms with Gasteiger partial charge in [0.05, 0.1) is 17.7 Å². The molecule has 1 rings (SSSR count). The molecule has 18 heavy (non-hydrogen) atoms. The summed E-state index contributed by atoms with van der Waals surface area (Å²) in [5, 5.41) is 26.5. The lowest BCUT2D eigenvalue weighted by Gasteiger charge is -2.09. The van der Waals surface area contributed by atoms with E-state index >= 15 is 0 Å². The van der Waals surface area contributed by atoms with Crippen LogP contribution in [0.4, 0.5) is 0 Å². The third kappa shape index (κ3) is 3.11. The fourth-order valence-electron chi connectivity index (χ4n) is 1.51. The van der Waals surface area contributed by atoms with Gasteiger partial charge in [-0.05, 0) is 18.9 Å². The van der Waals surface area contributed by atoms with Gasteiger partial charge in [-0.25, -0.2) is 0 Å². The van der Waals surface area contributed by atoms with Crippen molar-refractivity contribution in [2.24, 2.45) is 11.7 Å². The molecule has 0 heterocycles. The van der Waals surface area contributed by atoms with Crippen molar-refractivity contribution in [3.63, 3.8) is 0 Å². The van der Waals surface area contributed by atoms with Gasteiger partial charge in [0.2, 0.25) is 0 Å². The summed E-state index contributed by atoms with van der Waals surface area (Å²) in [6, 6.07) is 13.1. The van der Waals surface area contributed by atoms with Crippen LogP contribution >= 0.6 is 0 Å². The molecule has 0 unspecified atom stereocenters. The average molecular weight is 236 g/mol. The van der Waals surface area contributed by atoms with E-state index in [1.807, 2.05) is 37.3 Å². The minimum atomic E-state index is -0.651. The Labute approximate surface area is 106 Å². The first kappa shape index (κ1) is 13.3. The molecule has 4 heteroatoms. The number of allylic oxidation sites excluding steroid dienone is 2. The molecule has 1 aromatic rings. The lowest BCUT2D eigenvalue weighted by molar-refractivity contribution is 0.753. The van der Waals surface area contributed by atoms with E-state index < -0.39 is 5.92 Å². The molecule has 88 valence electrons. The molecule has 0 bridgehead atoms. The van der Waals surface area contributed by atoms with Crippen LogP contribution < -0.4 is 5.73 Å². The van der Waals surface area contributed by atoms with E-state index in [1.165, 1.54) is 0 Å². The van der Waals surface area contributed by atoms with Crippen LogP contribution in [-0.2, 0) is 6.42 Å². The van der Waals surface area contributed by atoms with Crippen molar-refractivity contribution in [1.29, 1.82) is 15.8 Å². The van der Waals surface area contributed by atoms with Gasteiger partial charge in [-0.1, -0.05) is 29.8 Å². The normalized spacial score (nSPS) is 10.6. The van der Waals surface area contributed by atoms with E-state index in [9.17, 15) is 0 Å². The predicted molar refractivity (Wildman–Crippen MR) is 66.4 cm³/mol. The summed E-state index contributed by atoms with van der Waals surface area (Å²) in [6.45, 7) is 1.98. The van der Waals surface area contributed by atoms with Crippen molar-refractivity contribution in [2.75, 3.05) is 0 Å². The lowest BCUT2D eigenvalue weighted by atomic mass is 9.95. The summed E-state index contributed by atoms with van der Waals surface area (Å²) >= 11 is 0. The first-order valence-electron chi connectivity index (χ1n) is 5.37. The largest absolute Gasteiger partial charge is 0.399 e. The highest BCUT2D eigenvalue weighted by Gasteiger charge is 2.16. The minimum absolute atomic E-state index is 0.0445. The van der Waals surface area contributed by atoms with Gasteiger partial charge in [0, 0.05) is 0 Å². The number of nitrogens with zero attached hydrogens (tertiary/aromatic N) is 3. The molecular weight excluding hydrogens is 224 g/mol. The molecule has 0 aliphatic carbocycles. The van der Waals surface area contributed by atoms with Gasteiger partial charge in [0.1, 0.15) is 17.7 Å². The smallest absolute Gasteiger partial charge is 0.149 e. The van der Waals surface area contributed by atoms with E-state index in [2.05, 4.69) is 0 Å². The summed E-state index contributed by atoms with van der Waals surface area (Å²) in [5.41, 5.74) is 7.62. The highest BCUT2D eigenvalue weighted by Crippen LogP contribution is 2.16. The maximum Gasteiger partial charge on any atom is 0.149 e. The highest BCUT2D eigenvalue weighted by molar-refractivity contribution is 5.41. The van der Waals surface area contributed by atoms with Crippen molar-refractivity contribution in [2.45, 2.75) is 13.3 Å². The van der Waals surface area contributed by atoms with Gasteiger partial charge in [-0.3, -0.25) is 0 Å². The van der Waals surface area contributed by atoms with Crippen LogP contribution in [0.15, 0.2) is 35.5 Å². The Bertz CT molecular complexity index is 560. The van der Waals surface area contributed by atoms with Gasteiger partial charge in [-0.15, -0.1) is 0 Å². The van der Waals surface area contributed by atoms with Crippen molar-refractivity contribution in [3.8, 4) is 18.2 Å². The number of rotatable bonds is 3. The topological polar surface area (TPSA) is 97.4 Å². The van der Waals surface area contributed by atoms with Crippen molar-refractivity contribution >= 4 is 0 Å². The van der Waals surface area contributed by atoms with E-state index in [-0.39, 0.29) is 11.3 Å². The maximum atomic E-state index is 9.07. The van der Waals surface area contributed by atoms with E-state index in [4.69, 9.17) is 21.5 Å². The Balaban J connectivity index is 2.98. The molecule has 0 aliphatic rings. The van der Waals surface area contributed by atoms with Gasteiger partial charge in [0.25, 0.3) is 0 Å². The molecule has 0 radical (unpaired) electrons. The molecule has 0 aromatic heterocycles. The average Bonchev–Trinajstić information content (AvgIpc) is 2.39. The van der Waals surface area contributed by atoms with Crippen LogP contribution in [0, 0.1) is 46.8 Å². The quantitative estimate of drug-likeness (QED) is 0.811. The van der Waals surface area contributed by atoms with Gasteiger partial charge < -0.3 is 5.73 Å². The number of hydrogen-bond acceptors (Lipinski definition) is 4. The number of nitrogens with two attached hydrogens (primary N) is 1. The third-order valence-electron chi connectivity index (χ3n) is 2.60. The standard InChI is InChI=1S/C14H12N4/c1-10-2-4-11(5-3-10)6-12(7-15)14(18)13(8-16)9-17/h2-5,12H,6,18H2,1H3/t12-/m0/s1. The molecule has 1 atom stereocenters. The number of aryl methyl sites for hydroxylation is 1. The Morgan fingerprint density at radius 1 is 1.17 bits per heavy atom. The lowest BCUT2D eigenvalue weighted by Crippen LogP contribution is -2.15. The molecule has 0 saturated heterocycles. The van der Waals surface area contributed by atoms with E-state index in [1.54, 1.807) is 12.1 Å². The molecule has 2 N–H and O–H groups in total. The number of hydrogen-bond donors (Lipinski definition) is 1. The first-order valence-corrected chi connectivity index (χ1v) is 5.37.